The Morgan fingerprint density at radius 1 is 0.700 bits per heavy atom. The van der Waals surface area contributed by atoms with Gasteiger partial charge in [-0.3, -0.25) is 4.79 Å². The molecule has 2 aromatic carbocycles. The van der Waals surface area contributed by atoms with E-state index in [0.29, 0.717) is 0 Å². The van der Waals surface area contributed by atoms with Crippen molar-refractivity contribution in [2.75, 3.05) is 6.61 Å². The fourth-order valence-electron chi connectivity index (χ4n) is 5.89. The molecular formula is C32H38O18. The molecule has 6 rings (SSSR count). The summed E-state index contributed by atoms with van der Waals surface area (Å²) in [7, 11) is 0. The summed E-state index contributed by atoms with van der Waals surface area (Å²) in [6.07, 6.45) is -21.5. The first-order chi connectivity index (χ1) is 23.7. The second-order valence-electron chi connectivity index (χ2n) is 12.4. The Kier molecular flexibility index (Phi) is 10.3. The van der Waals surface area contributed by atoms with Gasteiger partial charge in [0.2, 0.25) is 23.8 Å². The van der Waals surface area contributed by atoms with Crippen molar-refractivity contribution in [1.82, 2.24) is 0 Å². The Bertz CT molecular complexity index is 1710. The van der Waals surface area contributed by atoms with Gasteiger partial charge in [0, 0.05) is 17.7 Å². The zero-order chi connectivity index (χ0) is 36.2. The molecule has 10 N–H and O–H groups in total. The average molecular weight is 711 g/mol. The molecule has 3 aliphatic heterocycles. The van der Waals surface area contributed by atoms with Gasteiger partial charge in [0.15, 0.2) is 18.2 Å². The van der Waals surface area contributed by atoms with E-state index in [1.165, 1.54) is 44.2 Å². The molecule has 3 saturated heterocycles. The maximum absolute atomic E-state index is 14.1. The molecule has 274 valence electrons. The molecule has 18 heteroatoms. The number of phenolic OH excluding ortho intramolecular Hbond substituents is 2. The van der Waals surface area contributed by atoms with Crippen LogP contribution >= 0.6 is 0 Å². The Morgan fingerprint density at radius 2 is 1.30 bits per heavy atom. The summed E-state index contributed by atoms with van der Waals surface area (Å²) in [6.45, 7) is 2.34. The first-order valence-corrected chi connectivity index (χ1v) is 15.6. The molecule has 3 aromatic rings. The van der Waals surface area contributed by atoms with E-state index in [9.17, 15) is 55.9 Å². The van der Waals surface area contributed by atoms with Gasteiger partial charge in [-0.05, 0) is 38.1 Å². The first-order valence-electron chi connectivity index (χ1n) is 15.6. The van der Waals surface area contributed by atoms with Crippen LogP contribution < -0.4 is 14.9 Å². The van der Waals surface area contributed by atoms with Gasteiger partial charge in [-0.25, -0.2) is 0 Å². The summed E-state index contributed by atoms with van der Waals surface area (Å²) in [6, 6.07) is 7.52. The third-order valence-corrected chi connectivity index (χ3v) is 8.86. The second-order valence-corrected chi connectivity index (χ2v) is 12.4. The maximum Gasteiger partial charge on any atom is 0.239 e. The number of benzene rings is 2. The van der Waals surface area contributed by atoms with Crippen LogP contribution in [0.2, 0.25) is 0 Å². The number of hydrogen-bond donors (Lipinski definition) is 10. The van der Waals surface area contributed by atoms with Crippen LogP contribution in [0.25, 0.3) is 22.3 Å². The van der Waals surface area contributed by atoms with Crippen LogP contribution in [0.3, 0.4) is 0 Å². The number of aromatic hydroxyl groups is 2. The van der Waals surface area contributed by atoms with Crippen molar-refractivity contribution >= 4 is 11.0 Å². The molecule has 0 aliphatic carbocycles. The van der Waals surface area contributed by atoms with E-state index >= 15 is 0 Å². The third kappa shape index (κ3) is 6.73. The highest BCUT2D eigenvalue weighted by molar-refractivity contribution is 5.88. The van der Waals surface area contributed by atoms with Gasteiger partial charge in [-0.15, -0.1) is 0 Å². The van der Waals surface area contributed by atoms with Crippen molar-refractivity contribution in [2.45, 2.75) is 99.9 Å². The molecule has 14 atom stereocenters. The maximum atomic E-state index is 14.1. The molecule has 0 saturated carbocycles. The van der Waals surface area contributed by atoms with E-state index in [2.05, 4.69) is 0 Å². The monoisotopic (exact) mass is 710 g/mol. The van der Waals surface area contributed by atoms with Crippen LogP contribution in [0.15, 0.2) is 45.6 Å². The minimum atomic E-state index is -1.81. The predicted molar refractivity (Wildman–Crippen MR) is 164 cm³/mol. The van der Waals surface area contributed by atoms with Gasteiger partial charge in [-0.2, -0.15) is 0 Å². The van der Waals surface area contributed by atoms with Crippen molar-refractivity contribution in [3.8, 4) is 34.3 Å². The molecule has 3 aliphatic rings. The molecule has 0 spiro atoms. The van der Waals surface area contributed by atoms with Crippen molar-refractivity contribution in [2.24, 2.45) is 0 Å². The summed E-state index contributed by atoms with van der Waals surface area (Å²) in [4.78, 5) is 14.1. The smallest absolute Gasteiger partial charge is 0.239 e. The van der Waals surface area contributed by atoms with Gasteiger partial charge in [0.05, 0.1) is 18.8 Å². The van der Waals surface area contributed by atoms with E-state index in [4.69, 9.17) is 32.8 Å². The van der Waals surface area contributed by atoms with Crippen LogP contribution in [-0.4, -0.2) is 144 Å². The Balaban J connectivity index is 1.38. The molecule has 1 aromatic heterocycles. The lowest BCUT2D eigenvalue weighted by Crippen LogP contribution is -2.62. The Labute approximate surface area is 282 Å². The fraction of sp³-hybridized carbons (Fsp3) is 0.531. The number of aliphatic hydroxyl groups excluding tert-OH is 8. The number of phenols is 2. The summed E-state index contributed by atoms with van der Waals surface area (Å²) in [5, 5.41) is 103. The molecule has 3 fully saturated rings. The lowest BCUT2D eigenvalue weighted by molar-refractivity contribution is -0.344. The zero-order valence-electron chi connectivity index (χ0n) is 26.5. The molecule has 50 heavy (non-hydrogen) atoms. The fourth-order valence-corrected chi connectivity index (χ4v) is 5.89. The first kappa shape index (κ1) is 36.2. The van der Waals surface area contributed by atoms with Crippen LogP contribution in [0.4, 0.5) is 0 Å². The standard InChI is InChI=1S/C32H38O18/c1-10-19(36)23(40)25(42)30(45-10)47-14-7-15(34)18-17(8-14)48-27(12-3-5-13(33)6-4-12)28(22(18)39)49-32-29(21(38)16(35)9-44-32)50-31-26(43)24(41)20(37)11(2)46-31/h3-8,10-11,16,19-21,23-26,29-38,40-43H,9H2,1-2H3/t10-,11-,16+,19-,20-,21+,23+,24+,25+,26+,29-,30-,31-,32-/m0/s1. The number of ether oxygens (including phenoxy) is 6. The average Bonchev–Trinajstić information content (AvgIpc) is 3.08. The molecule has 0 unspecified atom stereocenters. The van der Waals surface area contributed by atoms with Gasteiger partial charge in [-0.1, -0.05) is 0 Å². The minimum absolute atomic E-state index is 0.131. The highest BCUT2D eigenvalue weighted by Gasteiger charge is 2.49. The van der Waals surface area contributed by atoms with E-state index in [1.807, 2.05) is 0 Å². The van der Waals surface area contributed by atoms with Crippen LogP contribution in [0.1, 0.15) is 13.8 Å². The third-order valence-electron chi connectivity index (χ3n) is 8.86. The Hall–Kier alpha value is -3.63. The van der Waals surface area contributed by atoms with E-state index in [1.54, 1.807) is 0 Å². The SMILES string of the molecule is C[C@@H]1O[C@@H](Oc2cc(O)c3c(=O)c(O[C@@H]4OC[C@@H](O)[C@@H](O)[C@@H]4O[C@@H]4O[C@@H](C)[C@H](O)[C@@H](O)[C@H]4O)c(-c4ccc(O)cc4)oc3c2)[C@H](O)[C@H](O)[C@H]1O. The molecular weight excluding hydrogens is 672 g/mol. The van der Waals surface area contributed by atoms with Crippen LogP contribution in [0, 0.1) is 0 Å². The highest BCUT2D eigenvalue weighted by atomic mass is 16.8. The normalized spacial score (nSPS) is 37.8. The number of rotatable bonds is 7. The topological polar surface area (TPSA) is 288 Å². The number of aliphatic hydroxyl groups is 8. The summed E-state index contributed by atoms with van der Waals surface area (Å²) >= 11 is 0. The molecule has 0 amide bonds. The highest BCUT2D eigenvalue weighted by Crippen LogP contribution is 2.39. The molecule has 4 heterocycles. The zero-order valence-corrected chi connectivity index (χ0v) is 26.5. The van der Waals surface area contributed by atoms with E-state index in [0.717, 1.165) is 6.07 Å². The minimum Gasteiger partial charge on any atom is -0.508 e. The van der Waals surface area contributed by atoms with E-state index in [-0.39, 0.29) is 28.4 Å². The van der Waals surface area contributed by atoms with Gasteiger partial charge >= 0.3 is 0 Å². The number of fused-ring (bicyclic) bond motifs is 1. The van der Waals surface area contributed by atoms with Gasteiger partial charge < -0.3 is 83.9 Å². The van der Waals surface area contributed by atoms with Crippen molar-refractivity contribution < 1.29 is 83.9 Å². The lowest BCUT2D eigenvalue weighted by Gasteiger charge is -2.43. The van der Waals surface area contributed by atoms with Crippen molar-refractivity contribution in [3.63, 3.8) is 0 Å². The molecule has 18 nitrogen and oxygen atoms in total. The quantitative estimate of drug-likeness (QED) is 0.124. The van der Waals surface area contributed by atoms with Crippen molar-refractivity contribution in [1.29, 1.82) is 0 Å². The summed E-state index contributed by atoms with van der Waals surface area (Å²) in [5.41, 5.74) is -1.05. The van der Waals surface area contributed by atoms with Gasteiger partial charge in [0.1, 0.15) is 77.0 Å². The summed E-state index contributed by atoms with van der Waals surface area (Å²) in [5.74, 6) is -1.84. The van der Waals surface area contributed by atoms with Crippen LogP contribution in [-0.2, 0) is 18.9 Å². The van der Waals surface area contributed by atoms with Crippen molar-refractivity contribution in [3.05, 3.63) is 46.6 Å². The van der Waals surface area contributed by atoms with Crippen LogP contribution in [0.5, 0.6) is 23.0 Å². The summed E-state index contributed by atoms with van der Waals surface area (Å²) < 4.78 is 39.9. The van der Waals surface area contributed by atoms with E-state index < -0.39 is 115 Å². The van der Waals surface area contributed by atoms with Gasteiger partial charge in [0.25, 0.3) is 0 Å². The Morgan fingerprint density at radius 3 is 1.94 bits per heavy atom. The molecule has 0 radical (unpaired) electrons. The largest absolute Gasteiger partial charge is 0.508 e. The predicted octanol–water partition coefficient (Wildman–Crippen LogP) is -2.25. The number of hydrogen-bond acceptors (Lipinski definition) is 18. The second kappa shape index (κ2) is 14.2. The molecule has 0 bridgehead atoms. The lowest BCUT2D eigenvalue weighted by atomic mass is 9.99.